The first-order valence-corrected chi connectivity index (χ1v) is 37.0. The molecule has 0 saturated carbocycles. The van der Waals surface area contributed by atoms with Crippen LogP contribution in [0.5, 0.6) is 0 Å². The van der Waals surface area contributed by atoms with Gasteiger partial charge in [-0.1, -0.05) is 247 Å². The summed E-state index contributed by atoms with van der Waals surface area (Å²) in [5.74, 6) is 0.403. The van der Waals surface area contributed by atoms with Crippen LogP contribution in [0.3, 0.4) is 0 Å². The highest BCUT2D eigenvalue weighted by molar-refractivity contribution is 5.88. The lowest BCUT2D eigenvalue weighted by molar-refractivity contribution is 1.01. The summed E-state index contributed by atoms with van der Waals surface area (Å²) in [4.78, 5) is 11.6. The van der Waals surface area contributed by atoms with Crippen molar-refractivity contribution in [3.05, 3.63) is 462 Å². The van der Waals surface area contributed by atoms with Crippen molar-refractivity contribution in [2.75, 3.05) is 24.5 Å². The molecule has 0 spiro atoms. The van der Waals surface area contributed by atoms with Crippen LogP contribution in [0.2, 0.25) is 0 Å². The zero-order valence-corrected chi connectivity index (χ0v) is 60.6. The maximum Gasteiger partial charge on any atom is 0.0463 e. The molecule has 514 valence electrons. The van der Waals surface area contributed by atoms with Gasteiger partial charge in [-0.25, -0.2) is 0 Å². The summed E-state index contributed by atoms with van der Waals surface area (Å²) in [6.07, 6.45) is 0. The molecule has 0 radical (unpaired) electrons. The number of hydrogen-bond donors (Lipinski definition) is 0. The Bertz CT molecular complexity index is 5360. The van der Waals surface area contributed by atoms with Crippen molar-refractivity contribution in [2.24, 2.45) is 0 Å². The largest absolute Gasteiger partial charge is 0.311 e. The molecular formula is C102H81N5. The molecule has 5 heteroatoms. The predicted octanol–water partition coefficient (Wildman–Crippen LogP) is 28.3. The van der Waals surface area contributed by atoms with Crippen molar-refractivity contribution in [3.8, 4) is 22.3 Å². The Morgan fingerprint density at radius 3 is 0.449 bits per heavy atom. The number of benzene rings is 16. The highest BCUT2D eigenvalue weighted by Crippen LogP contribution is 2.52. The fraction of sp³-hybridized carbons (Fsp3) is 0.0588. The monoisotopic (exact) mass is 1380 g/mol. The lowest BCUT2D eigenvalue weighted by atomic mass is 9.88. The van der Waals surface area contributed by atoms with Crippen molar-refractivity contribution >= 4 is 85.3 Å². The van der Waals surface area contributed by atoms with E-state index in [-0.39, 0.29) is 11.8 Å². The van der Waals surface area contributed by atoms with Gasteiger partial charge in [-0.15, -0.1) is 0 Å². The van der Waals surface area contributed by atoms with Crippen molar-refractivity contribution in [3.63, 3.8) is 0 Å². The van der Waals surface area contributed by atoms with Crippen LogP contribution in [-0.2, 0) is 0 Å². The SMILES string of the molecule is Cc1ccc2c(c1)C(c1ccc(N(c3ccc(N(c4ccccc4)c4ccccc4)cc3)c3ccc(N(c4ccccc4)c4ccccc4)cc3)cc1)c1cc(C)ccc1-2.Cc1ccc2c(c1)C(c1ccc(N(c3ccccc3)c3ccc(N(c4ccccc4)c4ccccc4)cc3)cc1)c1cc(C)ccc1-2. The topological polar surface area (TPSA) is 16.2 Å². The second kappa shape index (κ2) is 29.7. The number of nitrogens with zero attached hydrogens (tertiary/aromatic N) is 5. The lowest BCUT2D eigenvalue weighted by Gasteiger charge is -2.29. The van der Waals surface area contributed by atoms with Gasteiger partial charge in [0.2, 0.25) is 0 Å². The van der Waals surface area contributed by atoms with Gasteiger partial charge in [0.05, 0.1) is 0 Å². The number of fused-ring (bicyclic) bond motifs is 6. The quantitative estimate of drug-likeness (QED) is 0.0900. The maximum absolute atomic E-state index is 2.38. The number of aryl methyl sites for hydroxylation is 4. The van der Waals surface area contributed by atoms with Crippen LogP contribution in [0.25, 0.3) is 22.3 Å². The third kappa shape index (κ3) is 13.6. The van der Waals surface area contributed by atoms with Gasteiger partial charge in [-0.05, 0) is 265 Å². The Hall–Kier alpha value is -13.5. The number of rotatable bonds is 17. The molecule has 0 fully saturated rings. The molecule has 2 aliphatic rings. The fourth-order valence-electron chi connectivity index (χ4n) is 15.9. The Kier molecular flexibility index (Phi) is 18.5. The molecule has 16 aromatic rings. The average Bonchev–Trinajstić information content (AvgIpc) is 1.59. The molecule has 18 rings (SSSR count). The van der Waals surface area contributed by atoms with E-state index in [0.717, 1.165) is 85.3 Å². The molecule has 0 atom stereocenters. The molecule has 107 heavy (non-hydrogen) atoms. The van der Waals surface area contributed by atoms with Gasteiger partial charge >= 0.3 is 0 Å². The summed E-state index contributed by atoms with van der Waals surface area (Å²) in [5.41, 5.74) is 35.3. The van der Waals surface area contributed by atoms with E-state index in [9.17, 15) is 0 Å². The van der Waals surface area contributed by atoms with Crippen LogP contribution in [0, 0.1) is 27.7 Å². The second-order valence-corrected chi connectivity index (χ2v) is 28.0. The van der Waals surface area contributed by atoms with Gasteiger partial charge < -0.3 is 24.5 Å². The highest BCUT2D eigenvalue weighted by atomic mass is 15.2. The van der Waals surface area contributed by atoms with E-state index < -0.39 is 0 Å². The number of para-hydroxylation sites is 7. The minimum absolute atomic E-state index is 0.180. The van der Waals surface area contributed by atoms with E-state index in [0.29, 0.717) is 0 Å². The Labute approximate surface area is 629 Å². The van der Waals surface area contributed by atoms with E-state index >= 15 is 0 Å². The van der Waals surface area contributed by atoms with Crippen LogP contribution in [0.15, 0.2) is 406 Å². The van der Waals surface area contributed by atoms with Gasteiger partial charge in [-0.2, -0.15) is 0 Å². The van der Waals surface area contributed by atoms with Gasteiger partial charge in [0.1, 0.15) is 0 Å². The van der Waals surface area contributed by atoms with Crippen molar-refractivity contribution < 1.29 is 0 Å². The second-order valence-electron chi connectivity index (χ2n) is 28.0. The minimum atomic E-state index is 0.180. The molecule has 0 heterocycles. The van der Waals surface area contributed by atoms with E-state index in [1.165, 1.54) is 77.9 Å². The summed E-state index contributed by atoms with van der Waals surface area (Å²) in [6, 6.07) is 147. The summed E-state index contributed by atoms with van der Waals surface area (Å²) < 4.78 is 0. The van der Waals surface area contributed by atoms with E-state index in [4.69, 9.17) is 0 Å². The van der Waals surface area contributed by atoms with E-state index in [1.54, 1.807) is 0 Å². The molecule has 5 nitrogen and oxygen atoms in total. The molecular weight excluding hydrogens is 1300 g/mol. The first kappa shape index (κ1) is 66.7. The van der Waals surface area contributed by atoms with Crippen molar-refractivity contribution in [2.45, 2.75) is 39.5 Å². The van der Waals surface area contributed by atoms with Crippen molar-refractivity contribution in [1.82, 2.24) is 0 Å². The Morgan fingerprint density at radius 1 is 0.150 bits per heavy atom. The van der Waals surface area contributed by atoms with Gasteiger partial charge in [0.15, 0.2) is 0 Å². The average molecular weight is 1380 g/mol. The van der Waals surface area contributed by atoms with Crippen molar-refractivity contribution in [1.29, 1.82) is 0 Å². The van der Waals surface area contributed by atoms with Crippen LogP contribution in [0.1, 0.15) is 67.5 Å². The number of anilines is 15. The summed E-state index contributed by atoms with van der Waals surface area (Å²) in [5, 5.41) is 0. The lowest BCUT2D eigenvalue weighted by Crippen LogP contribution is -2.13. The standard InChI is InChI=1S/C57H45N3.C45H36N2/c1-41-23-37-53-54-38-24-42(2)40-56(54)57(55(53)39-41)43-25-27-48(28-26-43)60(51-33-29-49(30-34-51)58(44-15-7-3-8-16-44)45-17-9-4-10-18-45)52-35-31-50(32-36-52)59(46-19-11-5-12-20-46)47-21-13-6-14-22-47;1-32-18-28-41-42-29-19-33(2)31-44(42)45(43(41)30-32)34-20-22-38(23-21-34)47(37-16-10-5-11-17-37)40-26-24-39(25-27-40)46(35-12-6-3-7-13-35)36-14-8-4-9-15-36/h3-40,57H,1-2H3;3-31,45H,1-2H3. The molecule has 0 aromatic heterocycles. The highest BCUT2D eigenvalue weighted by Gasteiger charge is 2.33. The summed E-state index contributed by atoms with van der Waals surface area (Å²) in [7, 11) is 0. The predicted molar refractivity (Wildman–Crippen MR) is 451 cm³/mol. The molecule has 16 aromatic carbocycles. The Balaban J connectivity index is 0.000000162. The Morgan fingerprint density at radius 2 is 0.290 bits per heavy atom. The zero-order chi connectivity index (χ0) is 72.2. The van der Waals surface area contributed by atoms with E-state index in [2.05, 4.69) is 459 Å². The zero-order valence-electron chi connectivity index (χ0n) is 60.6. The van der Waals surface area contributed by atoms with Gasteiger partial charge in [0, 0.05) is 97.1 Å². The normalized spacial score (nSPS) is 11.9. The number of hydrogen-bond acceptors (Lipinski definition) is 5. The van der Waals surface area contributed by atoms with Crippen LogP contribution >= 0.6 is 0 Å². The molecule has 0 bridgehead atoms. The smallest absolute Gasteiger partial charge is 0.0463 e. The first-order valence-electron chi connectivity index (χ1n) is 37.0. The third-order valence-corrected chi connectivity index (χ3v) is 20.8. The summed E-state index contributed by atoms with van der Waals surface area (Å²) >= 11 is 0. The third-order valence-electron chi connectivity index (χ3n) is 20.8. The maximum atomic E-state index is 2.38. The molecule has 2 aliphatic carbocycles. The molecule has 0 unspecified atom stereocenters. The molecule has 0 saturated heterocycles. The summed E-state index contributed by atoms with van der Waals surface area (Å²) in [6.45, 7) is 8.77. The minimum Gasteiger partial charge on any atom is -0.311 e. The fourth-order valence-corrected chi connectivity index (χ4v) is 15.9. The van der Waals surface area contributed by atoms with E-state index in [1.807, 2.05) is 0 Å². The molecule has 0 amide bonds. The van der Waals surface area contributed by atoms with Gasteiger partial charge in [-0.3, -0.25) is 0 Å². The van der Waals surface area contributed by atoms with Gasteiger partial charge in [0.25, 0.3) is 0 Å². The van der Waals surface area contributed by atoms with Crippen LogP contribution in [0.4, 0.5) is 85.3 Å². The van der Waals surface area contributed by atoms with Crippen LogP contribution in [-0.4, -0.2) is 0 Å². The van der Waals surface area contributed by atoms with Crippen LogP contribution < -0.4 is 24.5 Å². The molecule has 0 N–H and O–H groups in total. The first-order chi connectivity index (χ1) is 52.7. The molecule has 0 aliphatic heterocycles.